The third-order valence-corrected chi connectivity index (χ3v) is 6.30. The molecule has 0 saturated carbocycles. The van der Waals surface area contributed by atoms with Gasteiger partial charge in [-0.25, -0.2) is 4.98 Å². The van der Waals surface area contributed by atoms with E-state index in [1.54, 1.807) is 43.5 Å². The Kier molecular flexibility index (Phi) is 5.62. The average Bonchev–Trinajstić information content (AvgIpc) is 3.39. The maximum Gasteiger partial charge on any atom is 0.435 e. The van der Waals surface area contributed by atoms with Gasteiger partial charge in [-0.3, -0.25) is 9.20 Å². The van der Waals surface area contributed by atoms with E-state index in [1.807, 2.05) is 24.3 Å². The van der Waals surface area contributed by atoms with Crippen molar-refractivity contribution in [3.8, 4) is 17.0 Å². The van der Waals surface area contributed by atoms with Gasteiger partial charge in [0.2, 0.25) is 0 Å². The molecule has 2 aromatic carbocycles. The van der Waals surface area contributed by atoms with Gasteiger partial charge in [0.25, 0.3) is 0 Å². The number of alkyl halides is 3. The van der Waals surface area contributed by atoms with Gasteiger partial charge in [0, 0.05) is 41.5 Å². The van der Waals surface area contributed by atoms with Gasteiger partial charge < -0.3 is 15.2 Å². The second kappa shape index (κ2) is 8.65. The molecular weight excluding hydrogens is 459 g/mol. The van der Waals surface area contributed by atoms with Gasteiger partial charge in [-0.2, -0.15) is 13.2 Å². The molecular formula is C26H22F3N3O3. The van der Waals surface area contributed by atoms with E-state index in [1.165, 1.54) is 4.40 Å². The lowest BCUT2D eigenvalue weighted by molar-refractivity contribution is -0.140. The van der Waals surface area contributed by atoms with Crippen LogP contribution in [0, 0.1) is 6.92 Å². The lowest BCUT2D eigenvalue weighted by Gasteiger charge is -2.15. The number of anilines is 1. The summed E-state index contributed by atoms with van der Waals surface area (Å²) in [5.41, 5.74) is 2.99. The second-order valence-electron chi connectivity index (χ2n) is 8.54. The number of nitrogens with one attached hydrogen (secondary N) is 1. The number of pyridine rings is 1. The summed E-state index contributed by atoms with van der Waals surface area (Å²) < 4.78 is 48.7. The Morgan fingerprint density at radius 2 is 2.03 bits per heavy atom. The van der Waals surface area contributed by atoms with Crippen LogP contribution in [0.3, 0.4) is 0 Å². The van der Waals surface area contributed by atoms with Crippen LogP contribution in [0.15, 0.2) is 60.8 Å². The summed E-state index contributed by atoms with van der Waals surface area (Å²) in [5, 5.41) is 12.4. The minimum atomic E-state index is -4.59. The van der Waals surface area contributed by atoms with E-state index in [0.717, 1.165) is 22.4 Å². The van der Waals surface area contributed by atoms with E-state index in [9.17, 15) is 18.0 Å². The summed E-state index contributed by atoms with van der Waals surface area (Å²) in [5.74, 6) is -0.403. The van der Waals surface area contributed by atoms with E-state index in [2.05, 4.69) is 10.3 Å². The van der Waals surface area contributed by atoms with E-state index < -0.39 is 17.8 Å². The lowest BCUT2D eigenvalue weighted by atomic mass is 9.97. The van der Waals surface area contributed by atoms with E-state index in [0.29, 0.717) is 24.5 Å². The molecule has 0 radical (unpaired) electrons. The second-order valence-corrected chi connectivity index (χ2v) is 8.54. The summed E-state index contributed by atoms with van der Waals surface area (Å²) in [6.07, 6.45) is -3.00. The first-order valence-corrected chi connectivity index (χ1v) is 11.1. The number of carboxylic acids is 1. The molecule has 1 aliphatic rings. The Morgan fingerprint density at radius 1 is 1.20 bits per heavy atom. The molecule has 5 rings (SSSR count). The predicted molar refractivity (Wildman–Crippen MR) is 125 cm³/mol. The normalized spacial score (nSPS) is 15.1. The zero-order chi connectivity index (χ0) is 24.7. The van der Waals surface area contributed by atoms with Crippen molar-refractivity contribution in [2.45, 2.75) is 32.0 Å². The number of carboxylic acid groups (broad SMARTS) is 1. The topological polar surface area (TPSA) is 75.9 Å². The van der Waals surface area contributed by atoms with Crippen molar-refractivity contribution in [2.24, 2.45) is 0 Å². The number of imidazole rings is 1. The number of hydrogen-bond acceptors (Lipinski definition) is 4. The molecule has 2 aromatic heterocycles. The van der Waals surface area contributed by atoms with Gasteiger partial charge >= 0.3 is 12.1 Å². The minimum absolute atomic E-state index is 0.00888. The van der Waals surface area contributed by atoms with Crippen LogP contribution >= 0.6 is 0 Å². The van der Waals surface area contributed by atoms with Crippen LogP contribution in [-0.2, 0) is 17.5 Å². The fourth-order valence-corrected chi connectivity index (χ4v) is 4.55. The molecule has 180 valence electrons. The quantitative estimate of drug-likeness (QED) is 0.359. The number of rotatable bonds is 6. The highest BCUT2D eigenvalue weighted by Crippen LogP contribution is 2.40. The van der Waals surface area contributed by atoms with Crippen LogP contribution in [0.25, 0.3) is 16.9 Å². The Hall–Kier alpha value is -4.01. The van der Waals surface area contributed by atoms with Gasteiger partial charge in [0.15, 0.2) is 5.69 Å². The third kappa shape index (κ3) is 4.29. The average molecular weight is 481 g/mol. The number of fused-ring (bicyclic) bond motifs is 2. The Bertz CT molecular complexity index is 1430. The van der Waals surface area contributed by atoms with Crippen molar-refractivity contribution in [3.05, 3.63) is 83.2 Å². The molecule has 0 saturated heterocycles. The van der Waals surface area contributed by atoms with Crippen molar-refractivity contribution in [1.82, 2.24) is 9.38 Å². The molecule has 4 aromatic rings. The minimum Gasteiger partial charge on any atom is -0.493 e. The van der Waals surface area contributed by atoms with Gasteiger partial charge in [-0.05, 0) is 36.2 Å². The van der Waals surface area contributed by atoms with Gasteiger partial charge in [0.1, 0.15) is 11.4 Å². The number of halogens is 3. The molecule has 9 heteroatoms. The van der Waals surface area contributed by atoms with E-state index in [4.69, 9.17) is 9.84 Å². The first kappa shape index (κ1) is 22.8. The van der Waals surface area contributed by atoms with Crippen molar-refractivity contribution in [2.75, 3.05) is 11.9 Å². The molecule has 1 aliphatic heterocycles. The van der Waals surface area contributed by atoms with E-state index >= 15 is 0 Å². The Balaban J connectivity index is 1.44. The first-order chi connectivity index (χ1) is 16.7. The molecule has 0 amide bonds. The summed E-state index contributed by atoms with van der Waals surface area (Å²) >= 11 is 0. The molecule has 0 spiro atoms. The summed E-state index contributed by atoms with van der Waals surface area (Å²) in [6.45, 7) is 2.51. The summed E-state index contributed by atoms with van der Waals surface area (Å²) in [4.78, 5) is 14.9. The maximum absolute atomic E-state index is 13.8. The van der Waals surface area contributed by atoms with Gasteiger partial charge in [-0.15, -0.1) is 0 Å². The molecule has 1 atom stereocenters. The number of aromatic nitrogens is 2. The molecule has 0 bridgehead atoms. The smallest absolute Gasteiger partial charge is 0.435 e. The number of aliphatic carboxylic acids is 1. The number of hydrogen-bond donors (Lipinski definition) is 2. The summed E-state index contributed by atoms with van der Waals surface area (Å²) in [6, 6.07) is 15.7. The van der Waals surface area contributed by atoms with Crippen LogP contribution in [0.2, 0.25) is 0 Å². The zero-order valence-electron chi connectivity index (χ0n) is 18.8. The fraction of sp³-hybridized carbons (Fsp3) is 0.231. The molecule has 6 nitrogen and oxygen atoms in total. The lowest BCUT2D eigenvalue weighted by Crippen LogP contribution is -2.09. The van der Waals surface area contributed by atoms with Gasteiger partial charge in [0.05, 0.1) is 18.7 Å². The van der Waals surface area contributed by atoms with Crippen LogP contribution in [0.5, 0.6) is 5.75 Å². The largest absolute Gasteiger partial charge is 0.493 e. The van der Waals surface area contributed by atoms with Crippen LogP contribution in [0.4, 0.5) is 18.9 Å². The van der Waals surface area contributed by atoms with Crippen molar-refractivity contribution in [1.29, 1.82) is 0 Å². The predicted octanol–water partition coefficient (Wildman–Crippen LogP) is 5.89. The fourth-order valence-electron chi connectivity index (χ4n) is 4.55. The maximum atomic E-state index is 13.8. The highest BCUT2D eigenvalue weighted by Gasteiger charge is 2.38. The molecule has 2 N–H and O–H groups in total. The number of benzene rings is 2. The SMILES string of the molecule is Cc1c(CNc2ccc3c(c2)OCC3CC(=O)O)cccc1-c1c(C(F)(F)F)nc2ccccn12. The molecule has 3 heterocycles. The van der Waals surface area contributed by atoms with Crippen molar-refractivity contribution in [3.63, 3.8) is 0 Å². The molecule has 1 unspecified atom stereocenters. The highest BCUT2D eigenvalue weighted by molar-refractivity contribution is 5.72. The van der Waals surface area contributed by atoms with E-state index in [-0.39, 0.29) is 23.7 Å². The standard InChI is InChI=1S/C26H22F3N3O3/c1-15-16(13-30-18-8-9-20-17(11-23(33)34)14-35-21(20)12-18)5-4-6-19(15)24-25(26(27,28)29)31-22-7-2-3-10-32(22)24/h2-10,12,17,30H,11,13-14H2,1H3,(H,33,34). The Labute approximate surface area is 199 Å². The van der Waals surface area contributed by atoms with Crippen LogP contribution in [-0.4, -0.2) is 27.1 Å². The number of carbonyl (C=O) groups is 1. The highest BCUT2D eigenvalue weighted by atomic mass is 19.4. The number of ether oxygens (including phenoxy) is 1. The van der Waals surface area contributed by atoms with Crippen LogP contribution < -0.4 is 10.1 Å². The van der Waals surface area contributed by atoms with Crippen LogP contribution in [0.1, 0.15) is 34.7 Å². The monoisotopic (exact) mass is 481 g/mol. The zero-order valence-corrected chi connectivity index (χ0v) is 18.8. The first-order valence-electron chi connectivity index (χ1n) is 11.1. The third-order valence-electron chi connectivity index (χ3n) is 6.30. The molecule has 0 fully saturated rings. The molecule has 35 heavy (non-hydrogen) atoms. The number of nitrogens with zero attached hydrogens (tertiary/aromatic N) is 2. The summed E-state index contributed by atoms with van der Waals surface area (Å²) in [7, 11) is 0. The van der Waals surface area contributed by atoms with Crippen molar-refractivity contribution >= 4 is 17.3 Å². The molecule has 0 aliphatic carbocycles. The van der Waals surface area contributed by atoms with Gasteiger partial charge in [-0.1, -0.05) is 30.3 Å². The van der Waals surface area contributed by atoms with Crippen molar-refractivity contribution < 1.29 is 27.8 Å². The Morgan fingerprint density at radius 3 is 2.80 bits per heavy atom.